The minimum Gasteiger partial charge on any atom is -0.508 e. The fraction of sp³-hybridized carbons (Fsp3) is 0.350. The van der Waals surface area contributed by atoms with Crippen LogP contribution < -0.4 is 10.6 Å². The van der Waals surface area contributed by atoms with E-state index < -0.39 is 0 Å². The van der Waals surface area contributed by atoms with Gasteiger partial charge in [-0.05, 0) is 50.5 Å². The molecule has 0 bridgehead atoms. The number of phenols is 1. The zero-order valence-corrected chi connectivity index (χ0v) is 14.8. The van der Waals surface area contributed by atoms with Crippen molar-refractivity contribution in [2.45, 2.75) is 33.7 Å². The Bertz CT molecular complexity index is 675. The minimum atomic E-state index is 0.274. The Morgan fingerprint density at radius 2 is 1.75 bits per heavy atom. The molecule has 0 unspecified atom stereocenters. The molecule has 0 aliphatic rings. The number of nitrogens with one attached hydrogen (secondary N) is 2. The minimum absolute atomic E-state index is 0.274. The van der Waals surface area contributed by atoms with Crippen LogP contribution in [0.5, 0.6) is 5.75 Å². The van der Waals surface area contributed by atoms with Crippen LogP contribution in [-0.4, -0.2) is 24.2 Å². The summed E-state index contributed by atoms with van der Waals surface area (Å²) in [7, 11) is 0. The Morgan fingerprint density at radius 3 is 2.42 bits per heavy atom. The Labute approximate surface area is 144 Å². The molecule has 2 aromatic rings. The summed E-state index contributed by atoms with van der Waals surface area (Å²) in [4.78, 5) is 4.57. The van der Waals surface area contributed by atoms with E-state index in [4.69, 9.17) is 0 Å². The third-order valence-corrected chi connectivity index (χ3v) is 3.66. The molecule has 0 radical (unpaired) electrons. The van der Waals surface area contributed by atoms with Crippen LogP contribution in [0.2, 0.25) is 0 Å². The smallest absolute Gasteiger partial charge is 0.191 e. The number of aromatic hydroxyl groups is 1. The molecule has 0 saturated heterocycles. The van der Waals surface area contributed by atoms with Crippen LogP contribution in [0, 0.1) is 13.8 Å². The van der Waals surface area contributed by atoms with Gasteiger partial charge in [-0.15, -0.1) is 0 Å². The van der Waals surface area contributed by atoms with E-state index in [0.29, 0.717) is 6.54 Å². The Kier molecular flexibility index (Phi) is 6.67. The second-order valence-electron chi connectivity index (χ2n) is 6.04. The van der Waals surface area contributed by atoms with Crippen molar-refractivity contribution in [3.63, 3.8) is 0 Å². The molecule has 0 heterocycles. The highest BCUT2D eigenvalue weighted by atomic mass is 16.3. The monoisotopic (exact) mass is 325 g/mol. The van der Waals surface area contributed by atoms with Gasteiger partial charge in [0.1, 0.15) is 5.75 Å². The molecule has 0 amide bonds. The fourth-order valence-electron chi connectivity index (χ4n) is 2.71. The molecular weight excluding hydrogens is 298 g/mol. The summed E-state index contributed by atoms with van der Waals surface area (Å²) in [5, 5.41) is 16.1. The summed E-state index contributed by atoms with van der Waals surface area (Å²) in [5.74, 6) is 1.07. The molecule has 0 saturated carbocycles. The van der Waals surface area contributed by atoms with Crippen LogP contribution in [0.3, 0.4) is 0 Å². The Balaban J connectivity index is 1.91. The van der Waals surface area contributed by atoms with Gasteiger partial charge >= 0.3 is 0 Å². The normalized spacial score (nSPS) is 11.4. The molecule has 0 aliphatic heterocycles. The highest BCUT2D eigenvalue weighted by Crippen LogP contribution is 2.11. The van der Waals surface area contributed by atoms with Crippen LogP contribution in [0.1, 0.15) is 29.2 Å². The van der Waals surface area contributed by atoms with Crippen LogP contribution in [0.4, 0.5) is 0 Å². The van der Waals surface area contributed by atoms with Crippen molar-refractivity contribution >= 4 is 5.96 Å². The number of nitrogens with zero attached hydrogens (tertiary/aromatic N) is 1. The molecule has 0 aromatic heterocycles. The van der Waals surface area contributed by atoms with E-state index in [2.05, 4.69) is 54.6 Å². The molecule has 0 spiro atoms. The number of rotatable bonds is 6. The van der Waals surface area contributed by atoms with E-state index in [1.54, 1.807) is 12.1 Å². The predicted molar refractivity (Wildman–Crippen MR) is 101 cm³/mol. The lowest BCUT2D eigenvalue weighted by Crippen LogP contribution is -2.38. The number of benzene rings is 2. The van der Waals surface area contributed by atoms with E-state index in [0.717, 1.165) is 31.0 Å². The molecule has 4 nitrogen and oxygen atoms in total. The number of hydrogen-bond donors (Lipinski definition) is 3. The molecule has 24 heavy (non-hydrogen) atoms. The maximum absolute atomic E-state index is 9.51. The van der Waals surface area contributed by atoms with Crippen LogP contribution >= 0.6 is 0 Å². The van der Waals surface area contributed by atoms with Gasteiger partial charge in [-0.25, -0.2) is 4.99 Å². The predicted octanol–water partition coefficient (Wildman–Crippen LogP) is 3.31. The van der Waals surface area contributed by atoms with E-state index in [-0.39, 0.29) is 5.75 Å². The first kappa shape index (κ1) is 17.9. The number of phenolic OH excluding ortho intramolecular Hbond substituents is 1. The molecule has 0 fully saturated rings. The SMILES string of the molecule is CCNC(=NCc1cccc(O)c1)NCCc1cc(C)cc(C)c1. The molecular formula is C20H27N3O. The fourth-order valence-corrected chi connectivity index (χ4v) is 2.71. The van der Waals surface area contributed by atoms with Gasteiger partial charge in [-0.2, -0.15) is 0 Å². The molecule has 3 N–H and O–H groups in total. The Hall–Kier alpha value is -2.49. The number of aliphatic imine (C=N–C) groups is 1. The van der Waals surface area contributed by atoms with Gasteiger partial charge in [0.15, 0.2) is 5.96 Å². The topological polar surface area (TPSA) is 56.7 Å². The van der Waals surface area contributed by atoms with Crippen LogP contribution in [-0.2, 0) is 13.0 Å². The maximum Gasteiger partial charge on any atom is 0.191 e. The van der Waals surface area contributed by atoms with E-state index in [1.165, 1.54) is 16.7 Å². The number of hydrogen-bond acceptors (Lipinski definition) is 2. The van der Waals surface area contributed by atoms with E-state index >= 15 is 0 Å². The quantitative estimate of drug-likeness (QED) is 0.564. The average molecular weight is 325 g/mol. The number of aryl methyl sites for hydroxylation is 2. The lowest BCUT2D eigenvalue weighted by Gasteiger charge is -2.12. The zero-order valence-electron chi connectivity index (χ0n) is 14.8. The van der Waals surface area contributed by atoms with Gasteiger partial charge in [0.2, 0.25) is 0 Å². The highest BCUT2D eigenvalue weighted by Gasteiger charge is 2.00. The maximum atomic E-state index is 9.51. The molecule has 2 aromatic carbocycles. The third kappa shape index (κ3) is 5.95. The van der Waals surface area contributed by atoms with Crippen LogP contribution in [0.25, 0.3) is 0 Å². The largest absolute Gasteiger partial charge is 0.508 e. The van der Waals surface area contributed by atoms with Crippen molar-refractivity contribution in [1.82, 2.24) is 10.6 Å². The van der Waals surface area contributed by atoms with Gasteiger partial charge in [-0.3, -0.25) is 0 Å². The molecule has 2 rings (SSSR count). The summed E-state index contributed by atoms with van der Waals surface area (Å²) in [5.41, 5.74) is 4.93. The first-order valence-corrected chi connectivity index (χ1v) is 8.44. The lowest BCUT2D eigenvalue weighted by molar-refractivity contribution is 0.474. The zero-order chi connectivity index (χ0) is 17.4. The Morgan fingerprint density at radius 1 is 1.00 bits per heavy atom. The van der Waals surface area contributed by atoms with Crippen molar-refractivity contribution < 1.29 is 5.11 Å². The molecule has 128 valence electrons. The van der Waals surface area contributed by atoms with Gasteiger partial charge in [0.25, 0.3) is 0 Å². The van der Waals surface area contributed by atoms with Crippen molar-refractivity contribution in [2.75, 3.05) is 13.1 Å². The summed E-state index contributed by atoms with van der Waals surface area (Å²) in [6, 6.07) is 13.8. The van der Waals surface area contributed by atoms with Crippen LogP contribution in [0.15, 0.2) is 47.5 Å². The second kappa shape index (κ2) is 8.96. The molecule has 0 atom stereocenters. The second-order valence-corrected chi connectivity index (χ2v) is 6.04. The average Bonchev–Trinajstić information content (AvgIpc) is 2.52. The molecule has 4 heteroatoms. The van der Waals surface area contributed by atoms with E-state index in [1.807, 2.05) is 12.1 Å². The highest BCUT2D eigenvalue weighted by molar-refractivity contribution is 5.79. The van der Waals surface area contributed by atoms with Crippen molar-refractivity contribution in [1.29, 1.82) is 0 Å². The summed E-state index contributed by atoms with van der Waals surface area (Å²) >= 11 is 0. The standard InChI is InChI=1S/C20H27N3O/c1-4-21-20(23-14-18-6-5-7-19(24)13-18)22-9-8-17-11-15(2)10-16(3)12-17/h5-7,10-13,24H,4,8-9,14H2,1-3H3,(H2,21,22,23). The van der Waals surface area contributed by atoms with Crippen molar-refractivity contribution in [3.05, 3.63) is 64.7 Å². The van der Waals surface area contributed by atoms with Gasteiger partial charge < -0.3 is 15.7 Å². The van der Waals surface area contributed by atoms with Gasteiger partial charge in [0.05, 0.1) is 6.54 Å². The van der Waals surface area contributed by atoms with Crippen molar-refractivity contribution in [2.24, 2.45) is 4.99 Å². The molecule has 0 aliphatic carbocycles. The van der Waals surface area contributed by atoms with Gasteiger partial charge in [-0.1, -0.05) is 41.5 Å². The number of guanidine groups is 1. The van der Waals surface area contributed by atoms with Gasteiger partial charge in [0, 0.05) is 13.1 Å². The first-order valence-electron chi connectivity index (χ1n) is 8.44. The van der Waals surface area contributed by atoms with Crippen molar-refractivity contribution in [3.8, 4) is 5.75 Å². The first-order chi connectivity index (χ1) is 11.6. The van der Waals surface area contributed by atoms with E-state index in [9.17, 15) is 5.11 Å². The third-order valence-electron chi connectivity index (χ3n) is 3.66. The summed E-state index contributed by atoms with van der Waals surface area (Å²) < 4.78 is 0. The lowest BCUT2D eigenvalue weighted by atomic mass is 10.1. The summed E-state index contributed by atoms with van der Waals surface area (Å²) in [6.07, 6.45) is 0.957. The summed E-state index contributed by atoms with van der Waals surface area (Å²) in [6.45, 7) is 8.49.